The first kappa shape index (κ1) is 84.0. The molecule has 0 aromatic carbocycles. The van der Waals surface area contributed by atoms with Gasteiger partial charge >= 0.3 is 11.9 Å². The molecule has 9 nitrogen and oxygen atoms in total. The lowest BCUT2D eigenvalue weighted by atomic mass is 10.0. The molecule has 2 atom stereocenters. The molecule has 0 aliphatic rings. The Balaban J connectivity index is 3.91. The van der Waals surface area contributed by atoms with E-state index in [9.17, 15) is 19.0 Å². The summed E-state index contributed by atoms with van der Waals surface area (Å²) < 4.78 is 34.4. The van der Waals surface area contributed by atoms with Crippen LogP contribution in [0.3, 0.4) is 0 Å². The van der Waals surface area contributed by atoms with Crippen LogP contribution >= 0.6 is 7.82 Å². The molecule has 0 aromatic heterocycles. The number of likely N-dealkylation sites (N-methyl/N-ethyl adjacent to an activating group) is 1. The quantitative estimate of drug-likeness (QED) is 0.0256. The summed E-state index contributed by atoms with van der Waals surface area (Å²) in [6.45, 7) is 4.35. The van der Waals surface area contributed by atoms with Crippen molar-refractivity contribution >= 4 is 19.8 Å². The predicted octanol–water partition coefficient (Wildman–Crippen LogP) is 24.3. The number of phosphoric acid groups is 1. The Hall–Kier alpha value is -0.990. The third kappa shape index (κ3) is 72.0. The molecule has 0 fully saturated rings. The molecule has 0 saturated carbocycles. The molecular weight excluding hydrogens is 1070 g/mol. The standard InChI is InChI=1S/C75H150NO8P/c1-6-8-10-12-14-16-18-20-22-24-26-28-30-32-34-35-36-37-38-39-40-42-44-46-48-50-52-54-56-58-60-62-64-66-68-75(78)84-73(72-83-85(79,80)82-70-69-76(3,4)5)71-81-74(77)67-65-63-61-59-57-55-53-51-49-47-45-43-41-33-31-29-27-25-23-21-19-17-15-13-11-9-7-2/h73H,6-72H2,1-5H3. The first-order valence-electron chi connectivity index (χ1n) is 38.2. The first-order valence-corrected chi connectivity index (χ1v) is 39.7. The van der Waals surface area contributed by atoms with E-state index in [4.69, 9.17) is 18.5 Å². The van der Waals surface area contributed by atoms with Gasteiger partial charge in [-0.05, 0) is 12.8 Å². The fourth-order valence-electron chi connectivity index (χ4n) is 12.0. The fraction of sp³-hybridized carbons (Fsp3) is 0.973. The molecule has 0 bridgehead atoms. The first-order chi connectivity index (χ1) is 41.5. The van der Waals surface area contributed by atoms with Crippen LogP contribution in [0.5, 0.6) is 0 Å². The summed E-state index contributed by atoms with van der Waals surface area (Å²) >= 11 is 0. The van der Waals surface area contributed by atoms with Crippen LogP contribution in [0.4, 0.5) is 0 Å². The van der Waals surface area contributed by atoms with Crippen LogP contribution < -0.4 is 4.89 Å². The number of nitrogens with zero attached hydrogens (tertiary/aromatic N) is 1. The third-order valence-corrected chi connectivity index (χ3v) is 18.8. The van der Waals surface area contributed by atoms with Crippen LogP contribution in [0.2, 0.25) is 0 Å². The van der Waals surface area contributed by atoms with Crippen molar-refractivity contribution in [3.8, 4) is 0 Å². The monoisotopic (exact) mass is 1220 g/mol. The molecule has 0 N–H and O–H groups in total. The van der Waals surface area contributed by atoms with Gasteiger partial charge in [-0.3, -0.25) is 14.2 Å². The summed E-state index contributed by atoms with van der Waals surface area (Å²) in [5, 5.41) is 0. The van der Waals surface area contributed by atoms with E-state index in [0.29, 0.717) is 17.4 Å². The zero-order valence-electron chi connectivity index (χ0n) is 58.1. The maximum Gasteiger partial charge on any atom is 0.306 e. The Morgan fingerprint density at radius 2 is 0.529 bits per heavy atom. The number of carbonyl (C=O) groups is 2. The zero-order valence-corrected chi connectivity index (χ0v) is 59.0. The minimum absolute atomic E-state index is 0.0247. The van der Waals surface area contributed by atoms with Gasteiger partial charge in [0.05, 0.1) is 27.7 Å². The summed E-state index contributed by atoms with van der Waals surface area (Å²) in [4.78, 5) is 38.1. The van der Waals surface area contributed by atoms with Crippen LogP contribution in [0.1, 0.15) is 418 Å². The molecule has 2 unspecified atom stereocenters. The van der Waals surface area contributed by atoms with Crippen molar-refractivity contribution in [2.24, 2.45) is 0 Å². The lowest BCUT2D eigenvalue weighted by Gasteiger charge is -2.28. The Morgan fingerprint density at radius 1 is 0.318 bits per heavy atom. The lowest BCUT2D eigenvalue weighted by Crippen LogP contribution is -2.37. The van der Waals surface area contributed by atoms with Gasteiger partial charge in [-0.1, -0.05) is 393 Å². The topological polar surface area (TPSA) is 111 Å². The highest BCUT2D eigenvalue weighted by molar-refractivity contribution is 7.45. The number of carbonyl (C=O) groups excluding carboxylic acids is 2. The van der Waals surface area contributed by atoms with E-state index < -0.39 is 26.5 Å². The van der Waals surface area contributed by atoms with Gasteiger partial charge in [-0.15, -0.1) is 0 Å². The number of quaternary nitrogens is 1. The Kier molecular flexibility index (Phi) is 66.6. The highest BCUT2D eigenvalue weighted by atomic mass is 31.2. The van der Waals surface area contributed by atoms with E-state index in [1.807, 2.05) is 21.1 Å². The molecule has 0 spiro atoms. The normalized spacial score (nSPS) is 13.0. The number of ether oxygens (including phenoxy) is 2. The number of esters is 2. The molecule has 0 amide bonds. The maximum atomic E-state index is 12.9. The van der Waals surface area contributed by atoms with Crippen molar-refractivity contribution in [1.82, 2.24) is 0 Å². The molecule has 508 valence electrons. The van der Waals surface area contributed by atoms with Gasteiger partial charge in [-0.25, -0.2) is 0 Å². The molecule has 85 heavy (non-hydrogen) atoms. The van der Waals surface area contributed by atoms with Crippen molar-refractivity contribution in [3.05, 3.63) is 0 Å². The molecule has 10 heteroatoms. The third-order valence-electron chi connectivity index (χ3n) is 17.9. The summed E-state index contributed by atoms with van der Waals surface area (Å²) in [5.41, 5.74) is 0. The molecule has 0 radical (unpaired) electrons. The van der Waals surface area contributed by atoms with E-state index in [2.05, 4.69) is 13.8 Å². The van der Waals surface area contributed by atoms with E-state index >= 15 is 0 Å². The van der Waals surface area contributed by atoms with Crippen molar-refractivity contribution in [2.45, 2.75) is 424 Å². The van der Waals surface area contributed by atoms with Gasteiger partial charge in [0, 0.05) is 12.8 Å². The van der Waals surface area contributed by atoms with Crippen molar-refractivity contribution in [1.29, 1.82) is 0 Å². The summed E-state index contributed by atoms with van der Waals surface area (Å²) in [6, 6.07) is 0. The zero-order chi connectivity index (χ0) is 61.9. The number of hydrogen-bond donors (Lipinski definition) is 0. The SMILES string of the molecule is CCCCCCCCCCCCCCCCCCCCCCCCCCCCCCCCCCCCC(=O)OC(COC(=O)CCCCCCCCCCCCCCCCCCCCCCCCCCCCC)COP(=O)([O-])OCC[N+](C)(C)C. The largest absolute Gasteiger partial charge is 0.756 e. The number of rotatable bonds is 73. The van der Waals surface area contributed by atoms with Crippen LogP contribution in [0, 0.1) is 0 Å². The van der Waals surface area contributed by atoms with Gasteiger partial charge < -0.3 is 27.9 Å². The van der Waals surface area contributed by atoms with Gasteiger partial charge in [0.15, 0.2) is 6.10 Å². The molecule has 0 heterocycles. The minimum Gasteiger partial charge on any atom is -0.756 e. The molecule has 0 aromatic rings. The van der Waals surface area contributed by atoms with Crippen molar-refractivity contribution in [3.63, 3.8) is 0 Å². The molecule has 0 rings (SSSR count). The second-order valence-corrected chi connectivity index (χ2v) is 29.2. The summed E-state index contributed by atoms with van der Waals surface area (Å²) in [6.07, 6.45) is 82.2. The van der Waals surface area contributed by atoms with Gasteiger partial charge in [0.25, 0.3) is 7.82 Å². The number of unbranched alkanes of at least 4 members (excludes halogenated alkanes) is 59. The number of phosphoric ester groups is 1. The van der Waals surface area contributed by atoms with Crippen LogP contribution in [0.25, 0.3) is 0 Å². The predicted molar refractivity (Wildman–Crippen MR) is 365 cm³/mol. The molecule has 0 aliphatic heterocycles. The second-order valence-electron chi connectivity index (χ2n) is 27.7. The van der Waals surface area contributed by atoms with E-state index in [0.717, 1.165) is 32.1 Å². The number of hydrogen-bond acceptors (Lipinski definition) is 8. The van der Waals surface area contributed by atoms with E-state index in [-0.39, 0.29) is 32.0 Å². The van der Waals surface area contributed by atoms with Crippen molar-refractivity contribution in [2.75, 3.05) is 47.5 Å². The van der Waals surface area contributed by atoms with E-state index in [1.54, 1.807) is 0 Å². The summed E-state index contributed by atoms with van der Waals surface area (Å²) in [7, 11) is 1.20. The molecule has 0 saturated heterocycles. The van der Waals surface area contributed by atoms with Gasteiger partial charge in [0.1, 0.15) is 19.8 Å². The lowest BCUT2D eigenvalue weighted by molar-refractivity contribution is -0.870. The van der Waals surface area contributed by atoms with Gasteiger partial charge in [-0.2, -0.15) is 0 Å². The molecule has 0 aliphatic carbocycles. The summed E-state index contributed by atoms with van der Waals surface area (Å²) in [5.74, 6) is -0.801. The van der Waals surface area contributed by atoms with Crippen LogP contribution in [-0.4, -0.2) is 70.0 Å². The average Bonchev–Trinajstić information content (AvgIpc) is 3.54. The molecular formula is C75H150NO8P. The smallest absolute Gasteiger partial charge is 0.306 e. The average molecular weight is 1220 g/mol. The Morgan fingerprint density at radius 3 is 0.753 bits per heavy atom. The minimum atomic E-state index is -4.64. The Bertz CT molecular complexity index is 1390. The van der Waals surface area contributed by atoms with Crippen LogP contribution in [0.15, 0.2) is 0 Å². The van der Waals surface area contributed by atoms with Crippen LogP contribution in [-0.2, 0) is 32.7 Å². The van der Waals surface area contributed by atoms with E-state index in [1.165, 1.54) is 353 Å². The maximum absolute atomic E-state index is 12.9. The highest BCUT2D eigenvalue weighted by Crippen LogP contribution is 2.38. The Labute approximate surface area is 531 Å². The highest BCUT2D eigenvalue weighted by Gasteiger charge is 2.22. The van der Waals surface area contributed by atoms with Crippen molar-refractivity contribution < 1.29 is 42.1 Å². The second kappa shape index (κ2) is 67.4. The fourth-order valence-corrected chi connectivity index (χ4v) is 12.7. The van der Waals surface area contributed by atoms with Gasteiger partial charge in [0.2, 0.25) is 0 Å².